The zero-order chi connectivity index (χ0) is 15.2. The minimum Gasteiger partial charge on any atom is -0.313 e. The fourth-order valence-electron chi connectivity index (χ4n) is 2.38. The number of aryl methyl sites for hydroxylation is 3. The van der Waals surface area contributed by atoms with Gasteiger partial charge in [0.15, 0.2) is 5.82 Å². The second kappa shape index (κ2) is 7.31. The van der Waals surface area contributed by atoms with E-state index in [1.807, 2.05) is 18.5 Å². The number of hydrogen-bond donors (Lipinski definition) is 1. The van der Waals surface area contributed by atoms with Crippen molar-refractivity contribution in [3.63, 3.8) is 0 Å². The van der Waals surface area contributed by atoms with E-state index in [1.54, 1.807) is 0 Å². The van der Waals surface area contributed by atoms with E-state index in [0.717, 1.165) is 55.5 Å². The van der Waals surface area contributed by atoms with Gasteiger partial charge in [0.2, 0.25) is 0 Å². The molecule has 2 heterocycles. The normalized spacial score (nSPS) is 11.0. The molecule has 114 valence electrons. The first-order valence-corrected chi connectivity index (χ1v) is 7.75. The van der Waals surface area contributed by atoms with Gasteiger partial charge in [0.25, 0.3) is 0 Å². The molecule has 0 unspecified atom stereocenters. The van der Waals surface area contributed by atoms with Crippen molar-refractivity contribution in [1.82, 2.24) is 25.1 Å². The third-order valence-corrected chi connectivity index (χ3v) is 3.28. The number of pyridine rings is 1. The maximum absolute atomic E-state index is 4.73. The minimum absolute atomic E-state index is 0.779. The van der Waals surface area contributed by atoms with E-state index in [1.165, 1.54) is 5.56 Å². The molecule has 0 amide bonds. The summed E-state index contributed by atoms with van der Waals surface area (Å²) in [6.07, 6.45) is 3.22. The number of nitrogens with one attached hydrogen (secondary N) is 1. The van der Waals surface area contributed by atoms with Gasteiger partial charge >= 0.3 is 0 Å². The summed E-state index contributed by atoms with van der Waals surface area (Å²) in [7, 11) is 0. The van der Waals surface area contributed by atoms with E-state index >= 15 is 0 Å². The highest BCUT2D eigenvalue weighted by molar-refractivity contribution is 5.31. The number of nitrogens with zero attached hydrogens (tertiary/aromatic N) is 4. The van der Waals surface area contributed by atoms with Crippen molar-refractivity contribution < 1.29 is 0 Å². The Labute approximate surface area is 126 Å². The van der Waals surface area contributed by atoms with E-state index in [9.17, 15) is 0 Å². The van der Waals surface area contributed by atoms with Crippen LogP contribution in [0, 0.1) is 13.8 Å². The lowest BCUT2D eigenvalue weighted by atomic mass is 10.1. The Balaban J connectivity index is 2.32. The zero-order valence-corrected chi connectivity index (χ0v) is 13.5. The van der Waals surface area contributed by atoms with Crippen LogP contribution in [0.1, 0.15) is 49.6 Å². The highest BCUT2D eigenvalue weighted by Gasteiger charge is 2.09. The minimum atomic E-state index is 0.779. The molecule has 0 saturated heterocycles. The number of rotatable bonds is 7. The number of aromatic nitrogens is 4. The molecule has 0 radical (unpaired) electrons. The monoisotopic (exact) mass is 287 g/mol. The Morgan fingerprint density at radius 1 is 1.10 bits per heavy atom. The van der Waals surface area contributed by atoms with Gasteiger partial charge in [0, 0.05) is 12.2 Å². The van der Waals surface area contributed by atoms with Crippen molar-refractivity contribution in [1.29, 1.82) is 0 Å². The summed E-state index contributed by atoms with van der Waals surface area (Å²) in [5.74, 6) is 2.52. The van der Waals surface area contributed by atoms with E-state index < -0.39 is 0 Å². The molecular formula is C16H25N5. The Hall–Kier alpha value is -1.75. The third-order valence-electron chi connectivity index (χ3n) is 3.28. The summed E-state index contributed by atoms with van der Waals surface area (Å²) in [4.78, 5) is 9.09. The van der Waals surface area contributed by atoms with Gasteiger partial charge in [-0.15, -0.1) is 5.10 Å². The Morgan fingerprint density at radius 3 is 2.52 bits per heavy atom. The largest absolute Gasteiger partial charge is 0.313 e. The van der Waals surface area contributed by atoms with Crippen molar-refractivity contribution in [2.75, 3.05) is 6.54 Å². The van der Waals surface area contributed by atoms with Crippen molar-refractivity contribution in [2.45, 2.75) is 53.5 Å². The van der Waals surface area contributed by atoms with E-state index in [-0.39, 0.29) is 0 Å². The standard InChI is InChI=1S/C16H25N5/c1-5-7-15-9-14(11-17-8-6-2)10-16(19-15)21-13(4)18-12(3)20-21/h9-10,17H,5-8,11H2,1-4H3. The average Bonchev–Trinajstić information content (AvgIpc) is 2.78. The summed E-state index contributed by atoms with van der Waals surface area (Å²) in [6.45, 7) is 10.1. The molecule has 0 aromatic carbocycles. The second-order valence-electron chi connectivity index (χ2n) is 5.37. The van der Waals surface area contributed by atoms with Crippen LogP contribution >= 0.6 is 0 Å². The van der Waals surface area contributed by atoms with Crippen LogP contribution < -0.4 is 5.32 Å². The second-order valence-corrected chi connectivity index (χ2v) is 5.37. The lowest BCUT2D eigenvalue weighted by molar-refractivity contribution is 0.671. The maximum atomic E-state index is 4.73. The summed E-state index contributed by atoms with van der Waals surface area (Å²) in [5, 5.41) is 7.89. The van der Waals surface area contributed by atoms with Crippen LogP contribution in [0.3, 0.4) is 0 Å². The van der Waals surface area contributed by atoms with Gasteiger partial charge in [-0.25, -0.2) is 9.97 Å². The van der Waals surface area contributed by atoms with Crippen LogP contribution in [0.15, 0.2) is 12.1 Å². The first kappa shape index (κ1) is 15.6. The zero-order valence-electron chi connectivity index (χ0n) is 13.5. The van der Waals surface area contributed by atoms with Gasteiger partial charge in [-0.3, -0.25) is 0 Å². The molecule has 0 atom stereocenters. The van der Waals surface area contributed by atoms with Gasteiger partial charge < -0.3 is 5.32 Å². The summed E-state index contributed by atoms with van der Waals surface area (Å²) >= 11 is 0. The molecule has 1 N–H and O–H groups in total. The lowest BCUT2D eigenvalue weighted by Gasteiger charge is -2.10. The van der Waals surface area contributed by atoms with Crippen LogP contribution in [0.25, 0.3) is 5.82 Å². The predicted molar refractivity (Wildman–Crippen MR) is 84.6 cm³/mol. The molecule has 5 heteroatoms. The molecule has 0 bridgehead atoms. The smallest absolute Gasteiger partial charge is 0.156 e. The van der Waals surface area contributed by atoms with Crippen molar-refractivity contribution in [3.05, 3.63) is 35.0 Å². The van der Waals surface area contributed by atoms with Crippen LogP contribution in [0.5, 0.6) is 0 Å². The van der Waals surface area contributed by atoms with Crippen LogP contribution in [-0.4, -0.2) is 26.3 Å². The molecule has 0 saturated carbocycles. The average molecular weight is 287 g/mol. The van der Waals surface area contributed by atoms with Gasteiger partial charge in [0.1, 0.15) is 11.6 Å². The van der Waals surface area contributed by atoms with Crippen LogP contribution in [0.4, 0.5) is 0 Å². The van der Waals surface area contributed by atoms with Crippen molar-refractivity contribution in [3.8, 4) is 5.82 Å². The van der Waals surface area contributed by atoms with E-state index in [0.29, 0.717) is 0 Å². The first-order valence-electron chi connectivity index (χ1n) is 7.75. The summed E-state index contributed by atoms with van der Waals surface area (Å²) < 4.78 is 1.83. The van der Waals surface area contributed by atoms with Crippen LogP contribution in [-0.2, 0) is 13.0 Å². The van der Waals surface area contributed by atoms with Crippen molar-refractivity contribution >= 4 is 0 Å². The summed E-state index contributed by atoms with van der Waals surface area (Å²) in [6, 6.07) is 4.29. The quantitative estimate of drug-likeness (QED) is 0.796. The molecule has 2 aromatic heterocycles. The molecule has 0 aliphatic carbocycles. The molecule has 2 aromatic rings. The Bertz CT molecular complexity index is 588. The Kier molecular flexibility index (Phi) is 5.44. The Morgan fingerprint density at radius 2 is 1.90 bits per heavy atom. The fourth-order valence-corrected chi connectivity index (χ4v) is 2.38. The maximum Gasteiger partial charge on any atom is 0.156 e. The highest BCUT2D eigenvalue weighted by atomic mass is 15.4. The van der Waals surface area contributed by atoms with Crippen LogP contribution in [0.2, 0.25) is 0 Å². The van der Waals surface area contributed by atoms with Gasteiger partial charge in [-0.1, -0.05) is 20.3 Å². The predicted octanol–water partition coefficient (Wildman–Crippen LogP) is 2.73. The van der Waals surface area contributed by atoms with Gasteiger partial charge in [-0.05, 0) is 50.9 Å². The van der Waals surface area contributed by atoms with Gasteiger partial charge in [-0.2, -0.15) is 4.68 Å². The first-order chi connectivity index (χ1) is 10.1. The van der Waals surface area contributed by atoms with Crippen molar-refractivity contribution in [2.24, 2.45) is 0 Å². The van der Waals surface area contributed by atoms with Gasteiger partial charge in [0.05, 0.1) is 0 Å². The molecule has 0 aliphatic heterocycles. The molecule has 0 fully saturated rings. The third kappa shape index (κ3) is 4.11. The molecule has 0 aliphatic rings. The molecule has 5 nitrogen and oxygen atoms in total. The summed E-state index contributed by atoms with van der Waals surface area (Å²) in [5.41, 5.74) is 2.38. The molecule has 0 spiro atoms. The van der Waals surface area contributed by atoms with E-state index in [4.69, 9.17) is 4.98 Å². The fraction of sp³-hybridized carbons (Fsp3) is 0.562. The number of hydrogen-bond acceptors (Lipinski definition) is 4. The SMILES string of the molecule is CCCNCc1cc(CCC)nc(-n2nc(C)nc2C)c1. The van der Waals surface area contributed by atoms with E-state index in [2.05, 4.69) is 41.4 Å². The highest BCUT2D eigenvalue weighted by Crippen LogP contribution is 2.13. The lowest BCUT2D eigenvalue weighted by Crippen LogP contribution is -2.15. The molecule has 2 rings (SSSR count). The topological polar surface area (TPSA) is 55.6 Å². The molecule has 21 heavy (non-hydrogen) atoms. The molecular weight excluding hydrogens is 262 g/mol.